The summed E-state index contributed by atoms with van der Waals surface area (Å²) >= 11 is 0. The summed E-state index contributed by atoms with van der Waals surface area (Å²) in [5.74, 6) is -1.41. The van der Waals surface area contributed by atoms with Gasteiger partial charge in [-0.2, -0.15) is 0 Å². The van der Waals surface area contributed by atoms with Gasteiger partial charge in [-0.25, -0.2) is 12.8 Å². The summed E-state index contributed by atoms with van der Waals surface area (Å²) in [6, 6.07) is 8.49. The van der Waals surface area contributed by atoms with Gasteiger partial charge in [-0.05, 0) is 42.5 Å². The van der Waals surface area contributed by atoms with Crippen LogP contribution in [0.1, 0.15) is 17.3 Å². The Bertz CT molecular complexity index is 801. The molecule has 0 heterocycles. The van der Waals surface area contributed by atoms with Crippen molar-refractivity contribution in [3.8, 4) is 5.75 Å². The summed E-state index contributed by atoms with van der Waals surface area (Å²) in [5.41, 5.74) is 0.161. The highest BCUT2D eigenvalue weighted by Gasteiger charge is 2.15. The molecule has 5 nitrogen and oxygen atoms in total. The van der Waals surface area contributed by atoms with Crippen LogP contribution >= 0.6 is 0 Å². The molecular formula is C15H14FNO4S. The number of phenols is 1. The summed E-state index contributed by atoms with van der Waals surface area (Å²) in [6.07, 6.45) is 0. The first-order chi connectivity index (χ1) is 10.3. The number of carbonyl (C=O) groups is 1. The van der Waals surface area contributed by atoms with Gasteiger partial charge in [0, 0.05) is 5.56 Å². The Kier molecular flexibility index (Phi) is 4.46. The lowest BCUT2D eigenvalue weighted by Gasteiger charge is -2.09. The number of aromatic hydroxyl groups is 1. The van der Waals surface area contributed by atoms with Crippen LogP contribution in [0.15, 0.2) is 47.4 Å². The van der Waals surface area contributed by atoms with E-state index in [1.807, 2.05) is 0 Å². The molecule has 0 aliphatic rings. The molecule has 0 atom stereocenters. The van der Waals surface area contributed by atoms with Gasteiger partial charge in [0.25, 0.3) is 5.91 Å². The van der Waals surface area contributed by atoms with Crippen LogP contribution in [0.4, 0.5) is 10.1 Å². The predicted octanol–water partition coefficient (Wildman–Crippen LogP) is 2.58. The molecule has 0 saturated heterocycles. The molecule has 2 aromatic carbocycles. The van der Waals surface area contributed by atoms with Crippen molar-refractivity contribution in [1.82, 2.24) is 0 Å². The van der Waals surface area contributed by atoms with Crippen molar-refractivity contribution in [2.45, 2.75) is 11.8 Å². The summed E-state index contributed by atoms with van der Waals surface area (Å²) in [5, 5.41) is 12.2. The largest absolute Gasteiger partial charge is 0.506 e. The van der Waals surface area contributed by atoms with E-state index in [1.165, 1.54) is 37.3 Å². The first kappa shape index (κ1) is 16.0. The highest BCUT2D eigenvalue weighted by Crippen LogP contribution is 2.27. The third-order valence-corrected chi connectivity index (χ3v) is 4.79. The minimum absolute atomic E-state index is 0.00204. The van der Waals surface area contributed by atoms with E-state index < -0.39 is 21.6 Å². The van der Waals surface area contributed by atoms with E-state index in [2.05, 4.69) is 5.32 Å². The fourth-order valence-corrected chi connectivity index (χ4v) is 2.68. The zero-order chi connectivity index (χ0) is 16.3. The van der Waals surface area contributed by atoms with E-state index in [9.17, 15) is 22.7 Å². The van der Waals surface area contributed by atoms with E-state index >= 15 is 0 Å². The molecule has 7 heteroatoms. The van der Waals surface area contributed by atoms with Crippen molar-refractivity contribution in [2.75, 3.05) is 11.1 Å². The van der Waals surface area contributed by atoms with Crippen molar-refractivity contribution in [2.24, 2.45) is 0 Å². The van der Waals surface area contributed by atoms with Crippen LogP contribution in [0.25, 0.3) is 0 Å². The Morgan fingerprint density at radius 2 is 1.82 bits per heavy atom. The Morgan fingerprint density at radius 1 is 1.18 bits per heavy atom. The van der Waals surface area contributed by atoms with Crippen LogP contribution < -0.4 is 5.32 Å². The van der Waals surface area contributed by atoms with Gasteiger partial charge in [0.15, 0.2) is 9.84 Å². The fourth-order valence-electron chi connectivity index (χ4n) is 1.77. The number of amides is 1. The van der Waals surface area contributed by atoms with Crippen LogP contribution in [0, 0.1) is 5.82 Å². The molecule has 2 N–H and O–H groups in total. The number of halogens is 1. The van der Waals surface area contributed by atoms with Gasteiger partial charge in [0.2, 0.25) is 0 Å². The first-order valence-electron chi connectivity index (χ1n) is 6.46. The summed E-state index contributed by atoms with van der Waals surface area (Å²) in [7, 11) is -3.46. The molecule has 0 fully saturated rings. The lowest BCUT2D eigenvalue weighted by molar-refractivity contribution is 0.102. The highest BCUT2D eigenvalue weighted by molar-refractivity contribution is 7.91. The number of phenolic OH excluding ortho intramolecular Hbond substituents is 1. The molecule has 0 unspecified atom stereocenters. The predicted molar refractivity (Wildman–Crippen MR) is 80.2 cm³/mol. The van der Waals surface area contributed by atoms with Gasteiger partial charge in [0.05, 0.1) is 16.3 Å². The maximum atomic E-state index is 12.8. The Labute approximate surface area is 127 Å². The molecule has 1 amide bonds. The van der Waals surface area contributed by atoms with Crippen molar-refractivity contribution >= 4 is 21.4 Å². The zero-order valence-corrected chi connectivity index (χ0v) is 12.5. The average molecular weight is 323 g/mol. The van der Waals surface area contributed by atoms with Crippen LogP contribution in [0.3, 0.4) is 0 Å². The Balaban J connectivity index is 2.31. The molecule has 0 aromatic heterocycles. The molecule has 0 spiro atoms. The van der Waals surface area contributed by atoms with Crippen molar-refractivity contribution in [3.63, 3.8) is 0 Å². The minimum Gasteiger partial charge on any atom is -0.506 e. The summed E-state index contributed by atoms with van der Waals surface area (Å²) in [4.78, 5) is 12.0. The number of hydrogen-bond acceptors (Lipinski definition) is 4. The van der Waals surface area contributed by atoms with E-state index in [1.54, 1.807) is 0 Å². The number of anilines is 1. The number of carbonyl (C=O) groups excluding carboxylic acids is 1. The topological polar surface area (TPSA) is 83.5 Å². The fraction of sp³-hybridized carbons (Fsp3) is 0.133. The molecule has 116 valence electrons. The normalized spacial score (nSPS) is 11.2. The Hall–Kier alpha value is -2.41. The first-order valence-corrected chi connectivity index (χ1v) is 8.11. The SMILES string of the molecule is CCS(=O)(=O)c1ccc(O)c(NC(=O)c2ccc(F)cc2)c1. The molecule has 2 aromatic rings. The number of hydrogen-bond donors (Lipinski definition) is 2. The van der Waals surface area contributed by atoms with Crippen molar-refractivity contribution in [3.05, 3.63) is 53.8 Å². The molecule has 0 radical (unpaired) electrons. The third kappa shape index (κ3) is 3.43. The molecule has 2 rings (SSSR count). The van der Waals surface area contributed by atoms with Crippen LogP contribution in [0.2, 0.25) is 0 Å². The standard InChI is InChI=1S/C15H14FNO4S/c1-2-22(20,21)12-7-8-14(18)13(9-12)17-15(19)10-3-5-11(16)6-4-10/h3-9,18H,2H2,1H3,(H,17,19). The summed E-state index contributed by atoms with van der Waals surface area (Å²) in [6.45, 7) is 1.50. The van der Waals surface area contributed by atoms with Crippen molar-refractivity contribution in [1.29, 1.82) is 0 Å². The lowest BCUT2D eigenvalue weighted by Crippen LogP contribution is -2.13. The second-order valence-corrected chi connectivity index (χ2v) is 6.82. The molecular weight excluding hydrogens is 309 g/mol. The lowest BCUT2D eigenvalue weighted by atomic mass is 10.2. The maximum Gasteiger partial charge on any atom is 0.255 e. The molecule has 0 aliphatic heterocycles. The quantitative estimate of drug-likeness (QED) is 0.847. The maximum absolute atomic E-state index is 12.8. The van der Waals surface area contributed by atoms with Gasteiger partial charge in [-0.3, -0.25) is 4.79 Å². The van der Waals surface area contributed by atoms with E-state index in [4.69, 9.17) is 0 Å². The van der Waals surface area contributed by atoms with Crippen LogP contribution in [0.5, 0.6) is 5.75 Å². The minimum atomic E-state index is -3.46. The number of benzene rings is 2. The monoisotopic (exact) mass is 323 g/mol. The van der Waals surface area contributed by atoms with Crippen molar-refractivity contribution < 1.29 is 22.7 Å². The number of sulfone groups is 1. The molecule has 0 aliphatic carbocycles. The molecule has 22 heavy (non-hydrogen) atoms. The van der Waals surface area contributed by atoms with E-state index in [-0.39, 0.29) is 27.6 Å². The molecule has 0 bridgehead atoms. The van der Waals surface area contributed by atoms with E-state index in [0.717, 1.165) is 12.1 Å². The van der Waals surface area contributed by atoms with Gasteiger partial charge in [0.1, 0.15) is 11.6 Å². The number of rotatable bonds is 4. The van der Waals surface area contributed by atoms with Gasteiger partial charge in [-0.1, -0.05) is 6.92 Å². The zero-order valence-electron chi connectivity index (χ0n) is 11.7. The second kappa shape index (κ2) is 6.15. The van der Waals surface area contributed by atoms with E-state index in [0.29, 0.717) is 0 Å². The number of nitrogens with one attached hydrogen (secondary N) is 1. The average Bonchev–Trinajstić information content (AvgIpc) is 2.50. The van der Waals surface area contributed by atoms with Crippen LogP contribution in [-0.2, 0) is 9.84 Å². The molecule has 0 saturated carbocycles. The Morgan fingerprint density at radius 3 is 2.41 bits per heavy atom. The smallest absolute Gasteiger partial charge is 0.255 e. The highest BCUT2D eigenvalue weighted by atomic mass is 32.2. The van der Waals surface area contributed by atoms with Gasteiger partial charge < -0.3 is 10.4 Å². The summed E-state index contributed by atoms with van der Waals surface area (Å²) < 4.78 is 36.5. The third-order valence-electron chi connectivity index (χ3n) is 3.06. The van der Waals surface area contributed by atoms with Crippen LogP contribution in [-0.4, -0.2) is 25.2 Å². The van der Waals surface area contributed by atoms with Gasteiger partial charge in [-0.15, -0.1) is 0 Å². The second-order valence-electron chi connectivity index (χ2n) is 4.54. The van der Waals surface area contributed by atoms with Gasteiger partial charge >= 0.3 is 0 Å².